The standard InChI is InChI=1S/C11H17N3O3S/c1-11(2)8-17-7-6-14(11)18(15,16)10-9(12)4-3-5-13-10/h3-5H,6-8,12H2,1-2H3. The largest absolute Gasteiger partial charge is 0.396 e. The van der Waals surface area contributed by atoms with Crippen LogP contribution in [0.25, 0.3) is 0 Å². The fourth-order valence-corrected chi connectivity index (χ4v) is 3.80. The summed E-state index contributed by atoms with van der Waals surface area (Å²) in [4.78, 5) is 3.90. The van der Waals surface area contributed by atoms with E-state index < -0.39 is 15.6 Å². The molecule has 0 radical (unpaired) electrons. The number of aromatic nitrogens is 1. The van der Waals surface area contributed by atoms with Gasteiger partial charge in [-0.2, -0.15) is 4.31 Å². The van der Waals surface area contributed by atoms with Crippen LogP contribution >= 0.6 is 0 Å². The molecule has 0 unspecified atom stereocenters. The number of morpholine rings is 1. The predicted molar refractivity (Wildman–Crippen MR) is 67.4 cm³/mol. The minimum Gasteiger partial charge on any atom is -0.396 e. The van der Waals surface area contributed by atoms with E-state index in [-0.39, 0.29) is 10.7 Å². The molecule has 1 aromatic heterocycles. The molecule has 0 atom stereocenters. The third kappa shape index (κ3) is 2.21. The van der Waals surface area contributed by atoms with Crippen LogP contribution in [0.15, 0.2) is 23.4 Å². The Morgan fingerprint density at radius 3 is 2.83 bits per heavy atom. The van der Waals surface area contributed by atoms with Crippen LogP contribution in [0, 0.1) is 0 Å². The average molecular weight is 271 g/mol. The van der Waals surface area contributed by atoms with Crippen molar-refractivity contribution in [1.82, 2.24) is 9.29 Å². The fraction of sp³-hybridized carbons (Fsp3) is 0.545. The summed E-state index contributed by atoms with van der Waals surface area (Å²) in [6.45, 7) is 4.70. The first kappa shape index (κ1) is 13.3. The van der Waals surface area contributed by atoms with Crippen molar-refractivity contribution in [2.75, 3.05) is 25.5 Å². The Bertz CT molecular complexity index is 542. The minimum atomic E-state index is -3.68. The Hall–Kier alpha value is -1.18. The highest BCUT2D eigenvalue weighted by molar-refractivity contribution is 7.89. The lowest BCUT2D eigenvalue weighted by Crippen LogP contribution is -2.55. The summed E-state index contributed by atoms with van der Waals surface area (Å²) in [5, 5.41) is -0.0834. The molecule has 0 amide bonds. The molecule has 2 N–H and O–H groups in total. The predicted octanol–water partition coefficient (Wildman–Crippen LogP) is 0.463. The van der Waals surface area contributed by atoms with E-state index in [1.54, 1.807) is 6.07 Å². The molecule has 2 heterocycles. The van der Waals surface area contributed by atoms with Crippen molar-refractivity contribution < 1.29 is 13.2 Å². The minimum absolute atomic E-state index is 0.0834. The van der Waals surface area contributed by atoms with Gasteiger partial charge in [-0.05, 0) is 26.0 Å². The van der Waals surface area contributed by atoms with Crippen molar-refractivity contribution in [3.63, 3.8) is 0 Å². The Labute approximate surface area is 107 Å². The highest BCUT2D eigenvalue weighted by atomic mass is 32.2. The summed E-state index contributed by atoms with van der Waals surface area (Å²) in [5.41, 5.74) is 5.27. The maximum atomic E-state index is 12.6. The second kappa shape index (κ2) is 4.49. The van der Waals surface area contributed by atoms with Crippen LogP contribution in [0.1, 0.15) is 13.8 Å². The lowest BCUT2D eigenvalue weighted by Gasteiger charge is -2.40. The topological polar surface area (TPSA) is 85.5 Å². The second-order valence-corrected chi connectivity index (χ2v) is 6.62. The molecule has 0 bridgehead atoms. The lowest BCUT2D eigenvalue weighted by molar-refractivity contribution is -0.00779. The molecular formula is C11H17N3O3S. The number of pyridine rings is 1. The van der Waals surface area contributed by atoms with Crippen molar-refractivity contribution in [1.29, 1.82) is 0 Å². The summed E-state index contributed by atoms with van der Waals surface area (Å²) in [7, 11) is -3.68. The van der Waals surface area contributed by atoms with Gasteiger partial charge in [-0.3, -0.25) is 0 Å². The van der Waals surface area contributed by atoms with Gasteiger partial charge in [0.05, 0.1) is 24.4 Å². The van der Waals surface area contributed by atoms with Crippen LogP contribution in [0.5, 0.6) is 0 Å². The fourth-order valence-electron chi connectivity index (χ4n) is 2.01. The number of nitrogens with two attached hydrogens (primary N) is 1. The molecule has 1 fully saturated rings. The van der Waals surface area contributed by atoms with Crippen molar-refractivity contribution >= 4 is 15.7 Å². The Balaban J connectivity index is 2.46. The van der Waals surface area contributed by atoms with Crippen molar-refractivity contribution in [2.45, 2.75) is 24.4 Å². The van der Waals surface area contributed by atoms with Gasteiger partial charge < -0.3 is 10.5 Å². The molecule has 2 rings (SSSR count). The van der Waals surface area contributed by atoms with Gasteiger partial charge in [-0.1, -0.05) is 0 Å². The number of nitrogen functional groups attached to an aromatic ring is 1. The summed E-state index contributed by atoms with van der Waals surface area (Å²) in [5.74, 6) is 0. The lowest BCUT2D eigenvalue weighted by atomic mass is 10.1. The van der Waals surface area contributed by atoms with E-state index in [0.29, 0.717) is 19.8 Å². The first-order valence-corrected chi connectivity index (χ1v) is 7.11. The zero-order chi connectivity index (χ0) is 13.4. The monoisotopic (exact) mass is 271 g/mol. The van der Waals surface area contributed by atoms with Crippen LogP contribution < -0.4 is 5.73 Å². The van der Waals surface area contributed by atoms with Gasteiger partial charge in [-0.15, -0.1) is 0 Å². The Morgan fingerprint density at radius 2 is 2.22 bits per heavy atom. The third-order valence-electron chi connectivity index (χ3n) is 2.90. The normalized spacial score (nSPS) is 20.8. The van der Waals surface area contributed by atoms with Crippen LogP contribution in [0.4, 0.5) is 5.69 Å². The Morgan fingerprint density at radius 1 is 1.50 bits per heavy atom. The highest BCUT2D eigenvalue weighted by Crippen LogP contribution is 2.28. The van der Waals surface area contributed by atoms with Crippen molar-refractivity contribution in [3.05, 3.63) is 18.3 Å². The quantitative estimate of drug-likeness (QED) is 0.844. The second-order valence-electron chi connectivity index (χ2n) is 4.84. The Kier molecular flexibility index (Phi) is 3.31. The van der Waals surface area contributed by atoms with Gasteiger partial charge >= 0.3 is 0 Å². The van der Waals surface area contributed by atoms with E-state index in [1.807, 2.05) is 13.8 Å². The molecule has 100 valence electrons. The molecule has 1 saturated heterocycles. The summed E-state index contributed by atoms with van der Waals surface area (Å²) in [6, 6.07) is 3.14. The summed E-state index contributed by atoms with van der Waals surface area (Å²) < 4.78 is 31.8. The first-order valence-electron chi connectivity index (χ1n) is 5.67. The molecule has 1 aromatic rings. The molecule has 1 aliphatic rings. The molecule has 0 aliphatic carbocycles. The third-order valence-corrected chi connectivity index (χ3v) is 4.99. The molecule has 1 aliphatic heterocycles. The highest BCUT2D eigenvalue weighted by Gasteiger charge is 2.41. The average Bonchev–Trinajstić information content (AvgIpc) is 2.28. The maximum Gasteiger partial charge on any atom is 0.263 e. The SMILES string of the molecule is CC1(C)COCCN1S(=O)(=O)c1ncccc1N. The van der Waals surface area contributed by atoms with Crippen molar-refractivity contribution in [2.24, 2.45) is 0 Å². The number of sulfonamides is 1. The number of hydrogen-bond acceptors (Lipinski definition) is 5. The van der Waals surface area contributed by atoms with Crippen molar-refractivity contribution in [3.8, 4) is 0 Å². The van der Waals surface area contributed by atoms with E-state index in [1.165, 1.54) is 16.6 Å². The van der Waals surface area contributed by atoms with E-state index >= 15 is 0 Å². The number of nitrogens with zero attached hydrogens (tertiary/aromatic N) is 2. The molecule has 0 saturated carbocycles. The number of hydrogen-bond donors (Lipinski definition) is 1. The summed E-state index contributed by atoms with van der Waals surface area (Å²) in [6.07, 6.45) is 1.43. The molecule has 0 aromatic carbocycles. The van der Waals surface area contributed by atoms with Gasteiger partial charge in [-0.25, -0.2) is 13.4 Å². The number of rotatable bonds is 2. The zero-order valence-corrected chi connectivity index (χ0v) is 11.3. The molecule has 18 heavy (non-hydrogen) atoms. The number of anilines is 1. The van der Waals surface area contributed by atoms with Gasteiger partial charge in [0, 0.05) is 12.7 Å². The van der Waals surface area contributed by atoms with Gasteiger partial charge in [0.25, 0.3) is 10.0 Å². The molecule has 6 nitrogen and oxygen atoms in total. The van der Waals surface area contributed by atoms with E-state index in [9.17, 15) is 8.42 Å². The van der Waals surface area contributed by atoms with Crippen LogP contribution in [0.2, 0.25) is 0 Å². The maximum absolute atomic E-state index is 12.6. The van der Waals surface area contributed by atoms with Crippen LogP contribution in [0.3, 0.4) is 0 Å². The van der Waals surface area contributed by atoms with E-state index in [4.69, 9.17) is 10.5 Å². The summed E-state index contributed by atoms with van der Waals surface area (Å²) >= 11 is 0. The zero-order valence-electron chi connectivity index (χ0n) is 10.5. The van der Waals surface area contributed by atoms with Gasteiger partial charge in [0.2, 0.25) is 0 Å². The first-order chi connectivity index (χ1) is 8.36. The van der Waals surface area contributed by atoms with E-state index in [2.05, 4.69) is 4.98 Å². The van der Waals surface area contributed by atoms with Crippen LogP contribution in [-0.2, 0) is 14.8 Å². The molecule has 0 spiro atoms. The number of ether oxygens (including phenoxy) is 1. The molecule has 7 heteroatoms. The van der Waals surface area contributed by atoms with Gasteiger partial charge in [0.15, 0.2) is 5.03 Å². The van der Waals surface area contributed by atoms with E-state index in [0.717, 1.165) is 0 Å². The van der Waals surface area contributed by atoms with Gasteiger partial charge in [0.1, 0.15) is 0 Å². The van der Waals surface area contributed by atoms with Crippen LogP contribution in [-0.4, -0.2) is 43.0 Å². The molecular weight excluding hydrogens is 254 g/mol. The smallest absolute Gasteiger partial charge is 0.263 e.